The molecule has 1 amide bonds. The zero-order chi connectivity index (χ0) is 9.78. The minimum atomic E-state index is -0.570. The summed E-state index contributed by atoms with van der Waals surface area (Å²) in [5.41, 5.74) is 0.0754. The molecule has 0 rings (SSSR count). The lowest BCUT2D eigenvalue weighted by atomic mass is 10.2. The minimum Gasteiger partial charge on any atom is -0.442 e. The van der Waals surface area contributed by atoms with E-state index >= 15 is 0 Å². The summed E-state index contributed by atoms with van der Waals surface area (Å²) < 4.78 is 4.94. The molecule has 3 heteroatoms. The van der Waals surface area contributed by atoms with Crippen molar-refractivity contribution in [2.45, 2.75) is 33.3 Å². The number of rotatable bonds is 1. The fourth-order valence-corrected chi connectivity index (χ4v) is 0.474. The lowest BCUT2D eigenvalue weighted by Gasteiger charge is -2.17. The van der Waals surface area contributed by atoms with Crippen LogP contribution in [0.5, 0.6) is 0 Å². The van der Waals surface area contributed by atoms with Crippen molar-refractivity contribution in [1.82, 2.24) is 0 Å². The molecule has 0 atom stereocenters. The highest BCUT2D eigenvalue weighted by molar-refractivity contribution is 5.98. The van der Waals surface area contributed by atoms with Crippen molar-refractivity contribution in [2.75, 3.05) is 0 Å². The summed E-state index contributed by atoms with van der Waals surface area (Å²) >= 11 is 0. The van der Waals surface area contributed by atoms with Crippen molar-refractivity contribution in [3.63, 3.8) is 0 Å². The highest BCUT2D eigenvalue weighted by Gasteiger charge is 2.14. The molecule has 0 aromatic rings. The summed E-state index contributed by atoms with van der Waals surface area (Å²) in [6.45, 7) is 10.5. The number of carbonyl (C=O) groups is 1. The zero-order valence-electron chi connectivity index (χ0n) is 8.05. The van der Waals surface area contributed by atoms with Crippen molar-refractivity contribution in [1.29, 1.82) is 0 Å². The second kappa shape index (κ2) is 4.04. The number of allylic oxidation sites excluding steroid dienone is 1. The monoisotopic (exact) mass is 169 g/mol. The Labute approximate surface area is 73.1 Å². The Kier molecular flexibility index (Phi) is 3.67. The Morgan fingerprint density at radius 3 is 2.33 bits per heavy atom. The number of hydrogen-bond donors (Lipinski definition) is 0. The molecule has 0 N–H and O–H groups in total. The average molecular weight is 169 g/mol. The van der Waals surface area contributed by atoms with Crippen LogP contribution in [0.4, 0.5) is 4.79 Å². The molecule has 68 valence electrons. The van der Waals surface area contributed by atoms with E-state index in [0.717, 1.165) is 0 Å². The number of hydrogen-bond acceptors (Lipinski definition) is 2. The molecule has 0 spiro atoms. The van der Waals surface area contributed by atoms with Crippen molar-refractivity contribution in [3.05, 3.63) is 12.7 Å². The number of nitrogens with zero attached hydrogens (tertiary/aromatic N) is 1. The van der Waals surface area contributed by atoms with E-state index in [0.29, 0.717) is 5.71 Å². The van der Waals surface area contributed by atoms with Gasteiger partial charge in [-0.2, -0.15) is 4.99 Å². The molecule has 0 heterocycles. The Morgan fingerprint density at radius 2 is 2.00 bits per heavy atom. The van der Waals surface area contributed by atoms with Crippen LogP contribution in [0.3, 0.4) is 0 Å². The van der Waals surface area contributed by atoms with Gasteiger partial charge < -0.3 is 4.74 Å². The quantitative estimate of drug-likeness (QED) is 0.566. The summed E-state index contributed by atoms with van der Waals surface area (Å²) in [6.07, 6.45) is 0.934. The van der Waals surface area contributed by atoms with E-state index in [1.807, 2.05) is 0 Å². The van der Waals surface area contributed by atoms with Crippen LogP contribution in [0.25, 0.3) is 0 Å². The number of amides is 1. The first-order valence-corrected chi connectivity index (χ1v) is 3.76. The van der Waals surface area contributed by atoms with Crippen LogP contribution in [-0.2, 0) is 4.74 Å². The summed E-state index contributed by atoms with van der Waals surface area (Å²) in [5.74, 6) is 0. The van der Waals surface area contributed by atoms with E-state index in [1.54, 1.807) is 27.7 Å². The van der Waals surface area contributed by atoms with E-state index in [1.165, 1.54) is 6.08 Å². The Balaban J connectivity index is 4.16. The van der Waals surface area contributed by atoms with Gasteiger partial charge >= 0.3 is 6.09 Å². The van der Waals surface area contributed by atoms with E-state index in [2.05, 4.69) is 11.6 Å². The normalized spacial score (nSPS) is 12.5. The van der Waals surface area contributed by atoms with E-state index in [9.17, 15) is 4.79 Å². The Bertz CT molecular complexity index is 211. The summed E-state index contributed by atoms with van der Waals surface area (Å²) in [6, 6.07) is 0. The van der Waals surface area contributed by atoms with Crippen LogP contribution in [0, 0.1) is 0 Å². The van der Waals surface area contributed by atoms with Gasteiger partial charge in [0.05, 0.1) is 0 Å². The average Bonchev–Trinajstić information content (AvgIpc) is 1.82. The first kappa shape index (κ1) is 10.9. The predicted molar refractivity (Wildman–Crippen MR) is 49.5 cm³/mol. The topological polar surface area (TPSA) is 38.7 Å². The third-order valence-electron chi connectivity index (χ3n) is 0.957. The molecular weight excluding hydrogens is 154 g/mol. The van der Waals surface area contributed by atoms with Crippen LogP contribution in [0.15, 0.2) is 17.6 Å². The van der Waals surface area contributed by atoms with Crippen LogP contribution in [0.1, 0.15) is 27.7 Å². The van der Waals surface area contributed by atoms with Gasteiger partial charge in [0.1, 0.15) is 5.60 Å². The van der Waals surface area contributed by atoms with Gasteiger partial charge in [0.2, 0.25) is 0 Å². The maximum Gasteiger partial charge on any atom is 0.434 e. The number of ether oxygens (including phenoxy) is 1. The molecule has 0 saturated carbocycles. The summed E-state index contributed by atoms with van der Waals surface area (Å²) in [7, 11) is 0. The third kappa shape index (κ3) is 5.65. The minimum absolute atomic E-state index is 0.484. The van der Waals surface area contributed by atoms with Gasteiger partial charge in [-0.25, -0.2) is 4.79 Å². The van der Waals surface area contributed by atoms with Gasteiger partial charge in [-0.05, 0) is 33.8 Å². The summed E-state index contributed by atoms with van der Waals surface area (Å²) in [5, 5.41) is 0. The maximum atomic E-state index is 11.0. The largest absolute Gasteiger partial charge is 0.442 e. The molecule has 0 aromatic heterocycles. The Morgan fingerprint density at radius 1 is 1.50 bits per heavy atom. The molecule has 0 aliphatic heterocycles. The molecule has 0 saturated heterocycles. The van der Waals surface area contributed by atoms with Crippen molar-refractivity contribution < 1.29 is 9.53 Å². The molecule has 0 bridgehead atoms. The highest BCUT2D eigenvalue weighted by atomic mass is 16.6. The molecule has 0 aromatic carbocycles. The molecule has 0 radical (unpaired) electrons. The first-order chi connectivity index (χ1) is 5.35. The fraction of sp³-hybridized carbons (Fsp3) is 0.556. The lowest BCUT2D eigenvalue weighted by Crippen LogP contribution is -2.22. The van der Waals surface area contributed by atoms with Crippen LogP contribution in [0.2, 0.25) is 0 Å². The van der Waals surface area contributed by atoms with E-state index in [-0.39, 0.29) is 0 Å². The predicted octanol–water partition coefficient (Wildman–Crippen LogP) is 2.57. The van der Waals surface area contributed by atoms with Gasteiger partial charge in [0.25, 0.3) is 0 Å². The third-order valence-corrected chi connectivity index (χ3v) is 0.957. The van der Waals surface area contributed by atoms with Crippen LogP contribution < -0.4 is 0 Å². The molecule has 0 aliphatic carbocycles. The molecule has 12 heavy (non-hydrogen) atoms. The van der Waals surface area contributed by atoms with Crippen LogP contribution in [-0.4, -0.2) is 17.4 Å². The smallest absolute Gasteiger partial charge is 0.434 e. The van der Waals surface area contributed by atoms with Gasteiger partial charge in [-0.15, -0.1) is 0 Å². The van der Waals surface area contributed by atoms with Gasteiger partial charge in [-0.1, -0.05) is 6.58 Å². The lowest BCUT2D eigenvalue weighted by molar-refractivity contribution is 0.0604. The number of aliphatic imine (C=N–C) groups is 1. The molecule has 0 unspecified atom stereocenters. The van der Waals surface area contributed by atoms with Crippen molar-refractivity contribution in [2.24, 2.45) is 4.99 Å². The Hall–Kier alpha value is -1.12. The van der Waals surface area contributed by atoms with Gasteiger partial charge in [0.15, 0.2) is 0 Å². The van der Waals surface area contributed by atoms with E-state index < -0.39 is 11.7 Å². The van der Waals surface area contributed by atoms with Crippen molar-refractivity contribution in [3.8, 4) is 0 Å². The standard InChI is InChI=1S/C9H15NO2/c1-6-7(2)10-8(11)12-9(3,4)5/h6H,1H2,2-5H3. The molecule has 0 fully saturated rings. The fourth-order valence-electron chi connectivity index (χ4n) is 0.474. The molecule has 3 nitrogen and oxygen atoms in total. The van der Waals surface area contributed by atoms with Gasteiger partial charge in [-0.3, -0.25) is 0 Å². The van der Waals surface area contributed by atoms with Crippen molar-refractivity contribution >= 4 is 11.8 Å². The highest BCUT2D eigenvalue weighted by Crippen LogP contribution is 2.07. The van der Waals surface area contributed by atoms with E-state index in [4.69, 9.17) is 4.74 Å². The first-order valence-electron chi connectivity index (χ1n) is 3.76. The van der Waals surface area contributed by atoms with Crippen LogP contribution >= 0.6 is 0 Å². The summed E-state index contributed by atoms with van der Waals surface area (Å²) in [4.78, 5) is 14.6. The second-order valence-corrected chi connectivity index (χ2v) is 3.44. The zero-order valence-corrected chi connectivity index (χ0v) is 8.05. The second-order valence-electron chi connectivity index (χ2n) is 3.44. The van der Waals surface area contributed by atoms with Gasteiger partial charge in [0, 0.05) is 5.71 Å². The maximum absolute atomic E-state index is 11.0. The molecular formula is C9H15NO2. The SMILES string of the molecule is C=CC(C)=NC(=O)OC(C)(C)C. The number of carbonyl (C=O) groups excluding carboxylic acids is 1. The molecule has 0 aliphatic rings.